The van der Waals surface area contributed by atoms with Gasteiger partial charge in [-0.3, -0.25) is 4.55 Å². The van der Waals surface area contributed by atoms with Gasteiger partial charge in [0.25, 0.3) is 10.1 Å². The molecule has 0 fully saturated rings. The molecule has 0 spiro atoms. The number of benzene rings is 3. The number of para-hydroxylation sites is 2. The Morgan fingerprint density at radius 1 is 0.808 bits per heavy atom. The van der Waals surface area contributed by atoms with Crippen molar-refractivity contribution in [1.82, 2.24) is 9.97 Å². The molecule has 6 heteroatoms. The second-order valence-corrected chi connectivity index (χ2v) is 7.18. The molecule has 4 aromatic rings. The van der Waals surface area contributed by atoms with E-state index in [-0.39, 0.29) is 4.90 Å². The fraction of sp³-hybridized carbons (Fsp3) is 0.100. The highest BCUT2D eigenvalue weighted by atomic mass is 32.2. The second-order valence-electron chi connectivity index (χ2n) is 5.76. The van der Waals surface area contributed by atoms with Crippen LogP contribution in [0.4, 0.5) is 0 Å². The molecule has 0 aliphatic heterocycles. The molecule has 0 unspecified atom stereocenters. The zero-order chi connectivity index (χ0) is 18.5. The topological polar surface area (TPSA) is 80.2 Å². The number of aromatic nitrogens is 2. The number of fused-ring (bicyclic) bond motifs is 4. The van der Waals surface area contributed by atoms with Crippen LogP contribution in [-0.4, -0.2) is 22.9 Å². The fourth-order valence-corrected chi connectivity index (χ4v) is 3.85. The molecule has 3 aromatic carbocycles. The Morgan fingerprint density at radius 3 is 2.04 bits per heavy atom. The summed E-state index contributed by atoms with van der Waals surface area (Å²) in [5, 5.41) is 1.65. The number of hydrogen-bond acceptors (Lipinski definition) is 4. The van der Waals surface area contributed by atoms with Crippen LogP contribution < -0.4 is 0 Å². The Morgan fingerprint density at radius 2 is 1.42 bits per heavy atom. The maximum absolute atomic E-state index is 11.6. The maximum atomic E-state index is 11.6. The Balaban J connectivity index is 0.000000814. The largest absolute Gasteiger partial charge is 0.294 e. The zero-order valence-electron chi connectivity index (χ0n) is 14.3. The van der Waals surface area contributed by atoms with Gasteiger partial charge in [-0.2, -0.15) is 8.42 Å². The van der Waals surface area contributed by atoms with Crippen molar-refractivity contribution in [3.63, 3.8) is 0 Å². The molecule has 1 aliphatic carbocycles. The summed E-state index contributed by atoms with van der Waals surface area (Å²) in [5.41, 5.74) is 4.53. The molecule has 0 atom stereocenters. The molecule has 5 rings (SSSR count). The van der Waals surface area contributed by atoms with Gasteiger partial charge >= 0.3 is 0 Å². The van der Waals surface area contributed by atoms with Crippen LogP contribution in [0.2, 0.25) is 0 Å². The van der Waals surface area contributed by atoms with Crippen molar-refractivity contribution in [1.29, 1.82) is 0 Å². The first-order valence-corrected chi connectivity index (χ1v) is 9.78. The first-order valence-electron chi connectivity index (χ1n) is 8.34. The molecule has 1 aliphatic rings. The molecular formula is C20H16N2O3S. The van der Waals surface area contributed by atoms with Crippen LogP contribution in [0.3, 0.4) is 0 Å². The quantitative estimate of drug-likeness (QED) is 0.436. The second kappa shape index (κ2) is 5.86. The van der Waals surface area contributed by atoms with E-state index in [1.807, 2.05) is 56.3 Å². The molecule has 5 nitrogen and oxygen atoms in total. The smallest absolute Gasteiger partial charge is 0.282 e. The molecule has 0 saturated carbocycles. The van der Waals surface area contributed by atoms with Crippen molar-refractivity contribution < 1.29 is 13.0 Å². The first-order chi connectivity index (χ1) is 12.5. The van der Waals surface area contributed by atoms with Crippen LogP contribution in [0.5, 0.6) is 0 Å². The van der Waals surface area contributed by atoms with Gasteiger partial charge in [-0.1, -0.05) is 44.2 Å². The highest BCUT2D eigenvalue weighted by Gasteiger charge is 2.26. The third-order valence-corrected chi connectivity index (χ3v) is 5.16. The lowest BCUT2D eigenvalue weighted by Gasteiger charge is -2.05. The normalized spacial score (nSPS) is 12.0. The lowest BCUT2D eigenvalue weighted by molar-refractivity contribution is 0.483. The van der Waals surface area contributed by atoms with Gasteiger partial charge in [-0.15, -0.1) is 0 Å². The monoisotopic (exact) mass is 364 g/mol. The molecule has 1 heterocycles. The molecule has 0 amide bonds. The molecule has 0 bridgehead atoms. The summed E-state index contributed by atoms with van der Waals surface area (Å²) in [5.74, 6) is 0. The average Bonchev–Trinajstić information content (AvgIpc) is 2.96. The molecule has 1 N–H and O–H groups in total. The van der Waals surface area contributed by atoms with E-state index in [1.54, 1.807) is 0 Å². The Labute approximate surface area is 151 Å². The van der Waals surface area contributed by atoms with Crippen molar-refractivity contribution in [3.05, 3.63) is 54.6 Å². The van der Waals surface area contributed by atoms with Crippen molar-refractivity contribution in [2.24, 2.45) is 0 Å². The average molecular weight is 364 g/mol. The number of hydrogen-bond donors (Lipinski definition) is 1. The predicted molar refractivity (Wildman–Crippen MR) is 103 cm³/mol. The predicted octanol–water partition coefficient (Wildman–Crippen LogP) is 4.70. The lowest BCUT2D eigenvalue weighted by Crippen LogP contribution is -1.98. The van der Waals surface area contributed by atoms with Gasteiger partial charge in [0.05, 0.1) is 27.3 Å². The van der Waals surface area contributed by atoms with E-state index >= 15 is 0 Å². The van der Waals surface area contributed by atoms with Crippen molar-refractivity contribution in [3.8, 4) is 22.5 Å². The van der Waals surface area contributed by atoms with Crippen LogP contribution >= 0.6 is 0 Å². The molecule has 0 radical (unpaired) electrons. The molecule has 0 saturated heterocycles. The van der Waals surface area contributed by atoms with E-state index in [9.17, 15) is 13.0 Å². The summed E-state index contributed by atoms with van der Waals surface area (Å²) >= 11 is 0. The minimum absolute atomic E-state index is 0.134. The highest BCUT2D eigenvalue weighted by Crippen LogP contribution is 2.46. The Bertz CT molecular complexity index is 1280. The maximum Gasteiger partial charge on any atom is 0.294 e. The third kappa shape index (κ3) is 2.38. The van der Waals surface area contributed by atoms with E-state index in [0.29, 0.717) is 11.3 Å². The van der Waals surface area contributed by atoms with Crippen LogP contribution in [0.1, 0.15) is 13.8 Å². The minimum atomic E-state index is -4.30. The summed E-state index contributed by atoms with van der Waals surface area (Å²) in [6.07, 6.45) is 0. The summed E-state index contributed by atoms with van der Waals surface area (Å²) in [4.78, 5) is 9.26. The lowest BCUT2D eigenvalue weighted by atomic mass is 10.0. The van der Waals surface area contributed by atoms with Gasteiger partial charge in [-0.25, -0.2) is 9.97 Å². The van der Waals surface area contributed by atoms with E-state index in [4.69, 9.17) is 4.98 Å². The molecule has 26 heavy (non-hydrogen) atoms. The number of nitrogens with zero attached hydrogens (tertiary/aromatic N) is 2. The summed E-state index contributed by atoms with van der Waals surface area (Å²) in [7, 11) is -4.30. The van der Waals surface area contributed by atoms with E-state index in [0.717, 1.165) is 33.1 Å². The Hall–Kier alpha value is -2.83. The first kappa shape index (κ1) is 16.6. The van der Waals surface area contributed by atoms with Gasteiger partial charge in [-0.05, 0) is 29.7 Å². The minimum Gasteiger partial charge on any atom is -0.282 e. The standard InChI is InChI=1S/C18H10N2O3S.C2H6/c21-24(22,23)11-8-10-4-3-5-12-16(10)13(9-11)18-17(12)19-14-6-1-2-7-15(14)20-18;1-2/h1-9H,(H,21,22,23);1-2H3. The van der Waals surface area contributed by atoms with Crippen molar-refractivity contribution in [2.75, 3.05) is 0 Å². The van der Waals surface area contributed by atoms with Crippen LogP contribution in [0.15, 0.2) is 59.5 Å². The fourth-order valence-electron chi connectivity index (χ4n) is 3.31. The van der Waals surface area contributed by atoms with Gasteiger partial charge in [0.2, 0.25) is 0 Å². The summed E-state index contributed by atoms with van der Waals surface area (Å²) in [6, 6.07) is 16.1. The van der Waals surface area contributed by atoms with Crippen molar-refractivity contribution >= 4 is 31.9 Å². The van der Waals surface area contributed by atoms with E-state index < -0.39 is 10.1 Å². The molecule has 1 aromatic heterocycles. The summed E-state index contributed by atoms with van der Waals surface area (Å²) in [6.45, 7) is 4.00. The zero-order valence-corrected chi connectivity index (χ0v) is 15.1. The van der Waals surface area contributed by atoms with Crippen LogP contribution in [-0.2, 0) is 10.1 Å². The molecular weight excluding hydrogens is 348 g/mol. The van der Waals surface area contributed by atoms with E-state index in [2.05, 4.69) is 4.98 Å². The van der Waals surface area contributed by atoms with Gasteiger partial charge in [0.15, 0.2) is 0 Å². The van der Waals surface area contributed by atoms with Crippen molar-refractivity contribution in [2.45, 2.75) is 18.7 Å². The third-order valence-electron chi connectivity index (χ3n) is 4.33. The SMILES string of the molecule is CC.O=S(=O)(O)c1cc2c3c(cccc3c1)-c1nc3ccccc3nc1-2. The van der Waals surface area contributed by atoms with Crippen LogP contribution in [0, 0.1) is 0 Å². The van der Waals surface area contributed by atoms with Gasteiger partial charge in [0, 0.05) is 16.5 Å². The highest BCUT2D eigenvalue weighted by molar-refractivity contribution is 7.85. The molecule has 130 valence electrons. The van der Waals surface area contributed by atoms with Gasteiger partial charge in [0.1, 0.15) is 0 Å². The van der Waals surface area contributed by atoms with Gasteiger partial charge < -0.3 is 0 Å². The number of rotatable bonds is 1. The summed E-state index contributed by atoms with van der Waals surface area (Å²) < 4.78 is 32.7. The van der Waals surface area contributed by atoms with E-state index in [1.165, 1.54) is 12.1 Å². The van der Waals surface area contributed by atoms with Crippen LogP contribution in [0.25, 0.3) is 44.3 Å². The Kier molecular flexibility index (Phi) is 3.75.